The number of rotatable bonds is 4. The summed E-state index contributed by atoms with van der Waals surface area (Å²) in [7, 11) is -5.53. The van der Waals surface area contributed by atoms with Crippen molar-refractivity contribution in [3.8, 4) is 0 Å². The van der Waals surface area contributed by atoms with Gasteiger partial charge in [0.15, 0.2) is 0 Å². The maximum Gasteiger partial charge on any atom is 0.380 e. The Morgan fingerprint density at radius 3 is 1.50 bits per heavy atom. The molecule has 0 fully saturated rings. The van der Waals surface area contributed by atoms with E-state index in [1.54, 1.807) is 12.1 Å². The fourth-order valence-electron chi connectivity index (χ4n) is 2.02. The molecule has 0 spiro atoms. The lowest BCUT2D eigenvalue weighted by Gasteiger charge is -2.25. The molecular weight excluding hydrogens is 286 g/mol. The van der Waals surface area contributed by atoms with Crippen molar-refractivity contribution in [1.82, 2.24) is 0 Å². The van der Waals surface area contributed by atoms with E-state index in [2.05, 4.69) is 0 Å². The van der Waals surface area contributed by atoms with E-state index in [1.165, 1.54) is 48.5 Å². The largest absolute Gasteiger partial charge is 0.380 e. The van der Waals surface area contributed by atoms with E-state index < -0.39 is 21.3 Å². The predicted octanol–water partition coefficient (Wildman–Crippen LogP) is 3.30. The van der Waals surface area contributed by atoms with Gasteiger partial charge in [0.25, 0.3) is 0 Å². The molecule has 0 unspecified atom stereocenters. The summed E-state index contributed by atoms with van der Waals surface area (Å²) >= 11 is 0. The fourth-order valence-corrected chi connectivity index (χ4v) is 2.59. The summed E-state index contributed by atoms with van der Waals surface area (Å²) in [6.45, 7) is 0. The zero-order valence-electron chi connectivity index (χ0n) is 10.3. The third-order valence-corrected chi connectivity index (χ3v) is 3.87. The van der Waals surface area contributed by atoms with Crippen molar-refractivity contribution in [2.24, 2.45) is 0 Å². The van der Waals surface area contributed by atoms with E-state index in [0.717, 1.165) is 0 Å². The summed E-state index contributed by atoms with van der Waals surface area (Å²) < 4.78 is 59.2. The van der Waals surface area contributed by atoms with Crippen LogP contribution in [0.25, 0.3) is 0 Å². The van der Waals surface area contributed by atoms with Crippen LogP contribution in [0.1, 0.15) is 17.0 Å². The van der Waals surface area contributed by atoms with Gasteiger partial charge in [-0.15, -0.1) is 0 Å². The SMILES string of the molecule is O=S(=O)(O)C(F)(F)C(c1ccccc1)c1ccccc1. The van der Waals surface area contributed by atoms with Crippen LogP contribution in [0.15, 0.2) is 60.7 Å². The average Bonchev–Trinajstić information content (AvgIpc) is 2.40. The molecule has 3 nitrogen and oxygen atoms in total. The minimum atomic E-state index is -5.53. The van der Waals surface area contributed by atoms with Crippen LogP contribution in [0.2, 0.25) is 0 Å². The maximum atomic E-state index is 14.1. The predicted molar refractivity (Wildman–Crippen MR) is 71.2 cm³/mol. The molecule has 0 radical (unpaired) electrons. The van der Waals surface area contributed by atoms with E-state index in [1.807, 2.05) is 0 Å². The van der Waals surface area contributed by atoms with Gasteiger partial charge in [0, 0.05) is 0 Å². The van der Waals surface area contributed by atoms with Crippen LogP contribution in [0.3, 0.4) is 0 Å². The van der Waals surface area contributed by atoms with Gasteiger partial charge < -0.3 is 0 Å². The minimum Gasteiger partial charge on any atom is -0.281 e. The van der Waals surface area contributed by atoms with Gasteiger partial charge in [0.1, 0.15) is 0 Å². The highest BCUT2D eigenvalue weighted by atomic mass is 32.2. The third-order valence-electron chi connectivity index (χ3n) is 2.95. The van der Waals surface area contributed by atoms with E-state index in [9.17, 15) is 17.2 Å². The summed E-state index contributed by atoms with van der Waals surface area (Å²) in [4.78, 5) is 0. The zero-order valence-corrected chi connectivity index (χ0v) is 11.1. The lowest BCUT2D eigenvalue weighted by molar-refractivity contribution is 0.0630. The maximum absolute atomic E-state index is 14.1. The second-order valence-electron chi connectivity index (χ2n) is 4.29. The van der Waals surface area contributed by atoms with Gasteiger partial charge in [-0.3, -0.25) is 4.55 Å². The number of halogens is 2. The highest BCUT2D eigenvalue weighted by Gasteiger charge is 2.52. The molecule has 0 saturated carbocycles. The molecule has 20 heavy (non-hydrogen) atoms. The Morgan fingerprint density at radius 2 is 1.20 bits per heavy atom. The fraction of sp³-hybridized carbons (Fsp3) is 0.143. The van der Waals surface area contributed by atoms with Crippen LogP contribution < -0.4 is 0 Å². The standard InChI is InChI=1S/C14H12F2O3S/c15-14(16,20(17,18)19)13(11-7-3-1-4-8-11)12-9-5-2-6-10-12/h1-10,13H,(H,17,18,19). The number of benzene rings is 2. The smallest absolute Gasteiger partial charge is 0.281 e. The first-order valence-electron chi connectivity index (χ1n) is 5.79. The first-order valence-corrected chi connectivity index (χ1v) is 7.23. The van der Waals surface area contributed by atoms with Crippen molar-refractivity contribution >= 4 is 10.1 Å². The molecule has 106 valence electrons. The molecule has 0 aliphatic heterocycles. The zero-order chi connectivity index (χ0) is 14.8. The average molecular weight is 298 g/mol. The number of alkyl halides is 2. The van der Waals surface area contributed by atoms with Crippen LogP contribution in [0, 0.1) is 0 Å². The molecule has 0 aliphatic rings. The van der Waals surface area contributed by atoms with Crippen molar-refractivity contribution in [1.29, 1.82) is 0 Å². The molecule has 0 heterocycles. The monoisotopic (exact) mass is 298 g/mol. The van der Waals surface area contributed by atoms with Gasteiger partial charge in [-0.05, 0) is 11.1 Å². The second kappa shape index (κ2) is 5.30. The summed E-state index contributed by atoms with van der Waals surface area (Å²) in [6, 6.07) is 15.0. The minimum absolute atomic E-state index is 0.112. The van der Waals surface area contributed by atoms with E-state index in [4.69, 9.17) is 4.55 Å². The first kappa shape index (κ1) is 14.6. The van der Waals surface area contributed by atoms with Crippen molar-refractivity contribution in [3.63, 3.8) is 0 Å². The third kappa shape index (κ3) is 2.71. The van der Waals surface area contributed by atoms with Crippen LogP contribution >= 0.6 is 0 Å². The molecule has 0 atom stereocenters. The van der Waals surface area contributed by atoms with E-state index >= 15 is 0 Å². The van der Waals surface area contributed by atoms with Crippen molar-refractivity contribution in [2.45, 2.75) is 11.2 Å². The van der Waals surface area contributed by atoms with Crippen LogP contribution in [-0.4, -0.2) is 18.2 Å². The molecule has 2 aromatic rings. The molecule has 2 rings (SSSR count). The quantitative estimate of drug-likeness (QED) is 0.881. The van der Waals surface area contributed by atoms with Gasteiger partial charge >= 0.3 is 15.4 Å². The Kier molecular flexibility index (Phi) is 3.87. The Labute approximate surface area is 115 Å². The van der Waals surface area contributed by atoms with Crippen LogP contribution in [0.5, 0.6) is 0 Å². The van der Waals surface area contributed by atoms with Crippen molar-refractivity contribution in [2.75, 3.05) is 0 Å². The van der Waals surface area contributed by atoms with Crippen molar-refractivity contribution < 1.29 is 21.8 Å². The highest BCUT2D eigenvalue weighted by Crippen LogP contribution is 2.42. The summed E-state index contributed by atoms with van der Waals surface area (Å²) in [5.41, 5.74) is 0.225. The summed E-state index contributed by atoms with van der Waals surface area (Å²) in [6.07, 6.45) is 0. The number of hydrogen-bond acceptors (Lipinski definition) is 2. The first-order chi connectivity index (χ1) is 9.34. The molecule has 0 bridgehead atoms. The lowest BCUT2D eigenvalue weighted by atomic mass is 9.91. The summed E-state index contributed by atoms with van der Waals surface area (Å²) in [5, 5.41) is -4.31. The Bertz CT molecular complexity index is 631. The van der Waals surface area contributed by atoms with Gasteiger partial charge in [-0.2, -0.15) is 17.2 Å². The van der Waals surface area contributed by atoms with E-state index in [0.29, 0.717) is 0 Å². The Balaban J connectivity index is 2.63. The second-order valence-corrected chi connectivity index (χ2v) is 5.79. The van der Waals surface area contributed by atoms with Crippen LogP contribution in [0.4, 0.5) is 8.78 Å². The highest BCUT2D eigenvalue weighted by molar-refractivity contribution is 7.86. The lowest BCUT2D eigenvalue weighted by Crippen LogP contribution is -2.36. The molecule has 6 heteroatoms. The van der Waals surface area contributed by atoms with Gasteiger partial charge in [-0.25, -0.2) is 0 Å². The van der Waals surface area contributed by atoms with Gasteiger partial charge in [0.2, 0.25) is 0 Å². The topological polar surface area (TPSA) is 54.4 Å². The van der Waals surface area contributed by atoms with Crippen LogP contribution in [-0.2, 0) is 10.1 Å². The molecule has 2 aromatic carbocycles. The Morgan fingerprint density at radius 1 is 0.850 bits per heavy atom. The molecular formula is C14H12F2O3S. The summed E-state index contributed by atoms with van der Waals surface area (Å²) in [5.74, 6) is -1.76. The molecule has 0 saturated heterocycles. The van der Waals surface area contributed by atoms with E-state index in [-0.39, 0.29) is 11.1 Å². The number of hydrogen-bond donors (Lipinski definition) is 1. The normalized spacial score (nSPS) is 12.6. The van der Waals surface area contributed by atoms with Gasteiger partial charge in [0.05, 0.1) is 5.92 Å². The molecule has 0 aliphatic carbocycles. The Hall–Kier alpha value is -1.79. The van der Waals surface area contributed by atoms with Crippen molar-refractivity contribution in [3.05, 3.63) is 71.8 Å². The molecule has 1 N–H and O–H groups in total. The molecule has 0 aromatic heterocycles. The molecule has 0 amide bonds. The van der Waals surface area contributed by atoms with Gasteiger partial charge in [-0.1, -0.05) is 60.7 Å².